The third-order valence-corrected chi connectivity index (χ3v) is 3.61. The Kier molecular flexibility index (Phi) is 7.90. The van der Waals surface area contributed by atoms with Crippen molar-refractivity contribution in [1.29, 1.82) is 0 Å². The molecule has 0 bridgehead atoms. The van der Waals surface area contributed by atoms with Crippen LogP contribution in [-0.2, 0) is 13.1 Å². The molecule has 154 valence electrons. The molecule has 0 aliphatic rings. The molecule has 28 heavy (non-hydrogen) atoms. The second-order valence-electron chi connectivity index (χ2n) is 5.36. The lowest BCUT2D eigenvalue weighted by molar-refractivity contribution is -0.0520. The summed E-state index contributed by atoms with van der Waals surface area (Å²) in [5.74, 6) is 0.520. The summed E-state index contributed by atoms with van der Waals surface area (Å²) in [6, 6.07) is 4.78. The Labute approximate surface area is 159 Å². The first-order valence-corrected chi connectivity index (χ1v) is 8.40. The number of guanidine groups is 1. The summed E-state index contributed by atoms with van der Waals surface area (Å²) in [5.41, 5.74) is 0.420. The van der Waals surface area contributed by atoms with E-state index >= 15 is 0 Å². The number of aromatic nitrogens is 2. The van der Waals surface area contributed by atoms with Crippen LogP contribution in [0.3, 0.4) is 0 Å². The second kappa shape index (κ2) is 10.4. The first-order valence-electron chi connectivity index (χ1n) is 8.40. The van der Waals surface area contributed by atoms with Gasteiger partial charge in [0.05, 0.1) is 13.2 Å². The molecule has 1 aromatic heterocycles. The maximum Gasteiger partial charge on any atom is 0.387 e. The van der Waals surface area contributed by atoms with Crippen molar-refractivity contribution < 1.29 is 27.0 Å². The van der Waals surface area contributed by atoms with Crippen molar-refractivity contribution in [3.8, 4) is 11.5 Å². The Morgan fingerprint density at radius 1 is 1.21 bits per heavy atom. The minimum atomic E-state index is -3.01. The van der Waals surface area contributed by atoms with Gasteiger partial charge in [-0.3, -0.25) is 9.56 Å². The monoisotopic (exact) mass is 403 g/mol. The molecule has 0 aliphatic heterocycles. The van der Waals surface area contributed by atoms with Gasteiger partial charge in [-0.25, -0.2) is 4.98 Å². The van der Waals surface area contributed by atoms with E-state index in [0.717, 1.165) is 4.57 Å². The molecular formula is C17H21F4N5O2. The quantitative estimate of drug-likeness (QED) is 0.382. The minimum Gasteiger partial charge on any atom is -0.490 e. The third kappa shape index (κ3) is 5.76. The summed E-state index contributed by atoms with van der Waals surface area (Å²) in [7, 11) is 1.49. The summed E-state index contributed by atoms with van der Waals surface area (Å²) in [6.07, 6.45) is 2.44. The molecule has 11 heteroatoms. The normalized spacial score (nSPS) is 11.8. The number of alkyl halides is 4. The van der Waals surface area contributed by atoms with Gasteiger partial charge in [0, 0.05) is 31.5 Å². The first-order chi connectivity index (χ1) is 13.5. The van der Waals surface area contributed by atoms with Gasteiger partial charge in [-0.2, -0.15) is 17.6 Å². The minimum absolute atomic E-state index is 0.00358. The van der Waals surface area contributed by atoms with Crippen LogP contribution in [0.4, 0.5) is 17.6 Å². The van der Waals surface area contributed by atoms with Crippen LogP contribution in [0.1, 0.15) is 24.9 Å². The molecular weight excluding hydrogens is 382 g/mol. The van der Waals surface area contributed by atoms with Crippen molar-refractivity contribution >= 4 is 5.96 Å². The molecule has 0 radical (unpaired) electrons. The van der Waals surface area contributed by atoms with E-state index in [4.69, 9.17) is 4.74 Å². The van der Waals surface area contributed by atoms with Crippen molar-refractivity contribution in [2.75, 3.05) is 13.7 Å². The highest BCUT2D eigenvalue weighted by molar-refractivity contribution is 5.79. The fourth-order valence-corrected chi connectivity index (χ4v) is 2.41. The van der Waals surface area contributed by atoms with E-state index in [1.807, 2.05) is 0 Å². The number of ether oxygens (including phenoxy) is 2. The molecule has 0 saturated carbocycles. The van der Waals surface area contributed by atoms with Crippen LogP contribution in [0.2, 0.25) is 0 Å². The maximum atomic E-state index is 12.8. The molecule has 0 atom stereocenters. The number of imidazole rings is 1. The summed E-state index contributed by atoms with van der Waals surface area (Å²) in [6.45, 7) is -3.61. The number of hydrogen-bond donors (Lipinski definition) is 2. The number of halogens is 4. The molecule has 0 unspecified atom stereocenters. The molecule has 2 aromatic rings. The van der Waals surface area contributed by atoms with Crippen molar-refractivity contribution in [1.82, 2.24) is 20.2 Å². The lowest BCUT2D eigenvalue weighted by Crippen LogP contribution is -2.37. The van der Waals surface area contributed by atoms with Crippen molar-refractivity contribution in [3.05, 3.63) is 42.0 Å². The van der Waals surface area contributed by atoms with Crippen molar-refractivity contribution in [2.24, 2.45) is 4.99 Å². The zero-order chi connectivity index (χ0) is 20.5. The summed E-state index contributed by atoms with van der Waals surface area (Å²) in [5, 5.41) is 5.75. The Balaban J connectivity index is 2.04. The molecule has 0 amide bonds. The van der Waals surface area contributed by atoms with E-state index in [1.165, 1.54) is 25.5 Å². The molecule has 0 aliphatic carbocycles. The predicted molar refractivity (Wildman–Crippen MR) is 94.8 cm³/mol. The zero-order valence-corrected chi connectivity index (χ0v) is 15.3. The van der Waals surface area contributed by atoms with Crippen molar-refractivity contribution in [3.63, 3.8) is 0 Å². The van der Waals surface area contributed by atoms with Crippen LogP contribution in [-0.4, -0.2) is 35.8 Å². The van der Waals surface area contributed by atoms with Gasteiger partial charge in [0.25, 0.3) is 0 Å². The largest absolute Gasteiger partial charge is 0.490 e. The number of aliphatic imine (C=N–C) groups is 1. The van der Waals surface area contributed by atoms with E-state index in [9.17, 15) is 17.6 Å². The first kappa shape index (κ1) is 21.3. The number of nitrogens with one attached hydrogen (secondary N) is 2. The van der Waals surface area contributed by atoms with Crippen LogP contribution in [0.15, 0.2) is 35.6 Å². The number of benzene rings is 1. The standard InChI is InChI=1S/C17H21F4N5O2/c1-3-27-12-6-4-5-11(14(12)28-16(20)21)9-24-17(22-2)25-10-13-23-7-8-26(13)15(18)19/h4-8,15-16H,3,9-10H2,1-2H3,(H2,22,24,25). The van der Waals surface area contributed by atoms with Gasteiger partial charge in [0.2, 0.25) is 0 Å². The van der Waals surface area contributed by atoms with Gasteiger partial charge < -0.3 is 20.1 Å². The van der Waals surface area contributed by atoms with Gasteiger partial charge in [-0.05, 0) is 13.0 Å². The number of para-hydroxylation sites is 1. The Bertz CT molecular complexity index is 783. The molecule has 0 spiro atoms. The maximum absolute atomic E-state index is 12.8. The predicted octanol–water partition coefficient (Wildman–Crippen LogP) is 3.14. The molecule has 1 heterocycles. The zero-order valence-electron chi connectivity index (χ0n) is 15.3. The van der Waals surface area contributed by atoms with Crippen LogP contribution in [0.5, 0.6) is 11.5 Å². The fraction of sp³-hybridized carbons (Fsp3) is 0.412. The smallest absolute Gasteiger partial charge is 0.387 e. The van der Waals surface area contributed by atoms with E-state index in [-0.39, 0.29) is 43.0 Å². The van der Waals surface area contributed by atoms with Crippen molar-refractivity contribution in [2.45, 2.75) is 33.2 Å². The highest BCUT2D eigenvalue weighted by Crippen LogP contribution is 2.32. The molecule has 0 fully saturated rings. The lowest BCUT2D eigenvalue weighted by atomic mass is 10.2. The second-order valence-corrected chi connectivity index (χ2v) is 5.36. The Hall–Kier alpha value is -2.98. The Morgan fingerprint density at radius 2 is 1.96 bits per heavy atom. The summed E-state index contributed by atoms with van der Waals surface area (Å²) in [4.78, 5) is 7.83. The van der Waals surface area contributed by atoms with E-state index in [2.05, 4.69) is 25.3 Å². The van der Waals surface area contributed by atoms with Gasteiger partial charge in [-0.1, -0.05) is 12.1 Å². The molecule has 2 N–H and O–H groups in total. The van der Waals surface area contributed by atoms with Crippen LogP contribution in [0.25, 0.3) is 0 Å². The third-order valence-electron chi connectivity index (χ3n) is 3.61. The van der Waals surface area contributed by atoms with E-state index < -0.39 is 13.2 Å². The van der Waals surface area contributed by atoms with Crippen LogP contribution in [0, 0.1) is 0 Å². The molecule has 7 nitrogen and oxygen atoms in total. The summed E-state index contributed by atoms with van der Waals surface area (Å²) >= 11 is 0. The number of nitrogens with zero attached hydrogens (tertiary/aromatic N) is 3. The van der Waals surface area contributed by atoms with E-state index in [0.29, 0.717) is 5.56 Å². The van der Waals surface area contributed by atoms with E-state index in [1.54, 1.807) is 19.1 Å². The topological polar surface area (TPSA) is 72.7 Å². The fourth-order valence-electron chi connectivity index (χ4n) is 2.41. The van der Waals surface area contributed by atoms with Crippen LogP contribution >= 0.6 is 0 Å². The highest BCUT2D eigenvalue weighted by Gasteiger charge is 2.16. The summed E-state index contributed by atoms with van der Waals surface area (Å²) < 4.78 is 61.9. The Morgan fingerprint density at radius 3 is 2.61 bits per heavy atom. The SMILES string of the molecule is CCOc1cccc(CNC(=NC)NCc2nccn2C(F)F)c1OC(F)F. The van der Waals surface area contributed by atoms with Gasteiger partial charge in [-0.15, -0.1) is 0 Å². The average molecular weight is 403 g/mol. The van der Waals surface area contributed by atoms with Gasteiger partial charge in [0.1, 0.15) is 5.82 Å². The molecule has 1 aromatic carbocycles. The van der Waals surface area contributed by atoms with Gasteiger partial charge in [0.15, 0.2) is 17.5 Å². The van der Waals surface area contributed by atoms with Crippen LogP contribution < -0.4 is 20.1 Å². The number of rotatable bonds is 9. The highest BCUT2D eigenvalue weighted by atomic mass is 19.3. The molecule has 2 rings (SSSR count). The average Bonchev–Trinajstić information content (AvgIpc) is 3.13. The lowest BCUT2D eigenvalue weighted by Gasteiger charge is -2.17. The number of hydrogen-bond acceptors (Lipinski definition) is 4. The molecule has 0 saturated heterocycles. The van der Waals surface area contributed by atoms with Gasteiger partial charge >= 0.3 is 13.2 Å².